The van der Waals surface area contributed by atoms with Crippen molar-refractivity contribution in [2.24, 2.45) is 0 Å². The van der Waals surface area contributed by atoms with Crippen molar-refractivity contribution in [2.45, 2.75) is 16.2 Å². The summed E-state index contributed by atoms with van der Waals surface area (Å²) in [6.45, 7) is 0. The monoisotopic (exact) mass is 436 g/mol. The summed E-state index contributed by atoms with van der Waals surface area (Å²) >= 11 is 5.11. The number of pyridine rings is 2. The molecule has 2 aromatic heterocycles. The molecule has 132 valence electrons. The fourth-order valence-electron chi connectivity index (χ4n) is 3.47. The number of benzene rings is 2. The van der Waals surface area contributed by atoms with Crippen LogP contribution in [0.4, 0.5) is 0 Å². The van der Waals surface area contributed by atoms with Crippen molar-refractivity contribution >= 4 is 38.6 Å². The Morgan fingerprint density at radius 1 is 1.15 bits per heavy atom. The highest BCUT2D eigenvalue weighted by Crippen LogP contribution is 2.44. The van der Waals surface area contributed by atoms with Crippen molar-refractivity contribution in [3.63, 3.8) is 0 Å². The number of hydrogen-bond donors (Lipinski definition) is 1. The standard InChI is InChI=1S/C21H13BrN2O2S/c22-14-3-4-18-17(7-14)24-11-13(6-12-2-1-5-23-10-12)21(26)16-8-15(25)9-19(27-18)20(16)24/h1-5,7-11,25H,6H2. The Labute approximate surface area is 167 Å². The number of phenolic OH excluding ortho intramolecular Hbond substituents is 1. The first-order valence-corrected chi connectivity index (χ1v) is 9.99. The molecule has 2 aromatic carbocycles. The molecule has 1 N–H and O–H groups in total. The van der Waals surface area contributed by atoms with E-state index in [1.54, 1.807) is 36.3 Å². The van der Waals surface area contributed by atoms with Gasteiger partial charge in [-0.3, -0.25) is 9.78 Å². The fraction of sp³-hybridized carbons (Fsp3) is 0.0476. The van der Waals surface area contributed by atoms with Gasteiger partial charge < -0.3 is 9.67 Å². The summed E-state index contributed by atoms with van der Waals surface area (Å²) in [6.07, 6.45) is 5.90. The van der Waals surface area contributed by atoms with Crippen molar-refractivity contribution in [1.29, 1.82) is 0 Å². The second-order valence-corrected chi connectivity index (χ2v) is 8.45. The lowest BCUT2D eigenvalue weighted by molar-refractivity contribution is 0.474. The molecule has 0 atom stereocenters. The zero-order chi connectivity index (χ0) is 18.5. The van der Waals surface area contributed by atoms with Gasteiger partial charge in [-0.05, 0) is 42.0 Å². The van der Waals surface area contributed by atoms with Crippen molar-refractivity contribution < 1.29 is 5.11 Å². The van der Waals surface area contributed by atoms with Crippen molar-refractivity contribution in [2.75, 3.05) is 0 Å². The van der Waals surface area contributed by atoms with Crippen LogP contribution in [0.2, 0.25) is 0 Å². The third kappa shape index (κ3) is 2.76. The second-order valence-electron chi connectivity index (χ2n) is 6.45. The number of aromatic nitrogens is 2. The summed E-state index contributed by atoms with van der Waals surface area (Å²) in [7, 11) is 0. The minimum Gasteiger partial charge on any atom is -0.508 e. The molecule has 0 fully saturated rings. The van der Waals surface area contributed by atoms with Crippen molar-refractivity contribution in [3.8, 4) is 11.4 Å². The first kappa shape index (κ1) is 16.6. The number of fused-ring (bicyclic) bond motifs is 2. The van der Waals surface area contributed by atoms with Gasteiger partial charge in [0.15, 0.2) is 5.43 Å². The van der Waals surface area contributed by atoms with Gasteiger partial charge >= 0.3 is 0 Å². The Morgan fingerprint density at radius 3 is 2.85 bits per heavy atom. The molecular weight excluding hydrogens is 424 g/mol. The lowest BCUT2D eigenvalue weighted by atomic mass is 10.0. The first-order chi connectivity index (χ1) is 13.1. The number of aromatic hydroxyl groups is 1. The van der Waals surface area contributed by atoms with Gasteiger partial charge in [0.2, 0.25) is 0 Å². The number of hydrogen-bond acceptors (Lipinski definition) is 4. The van der Waals surface area contributed by atoms with Gasteiger partial charge in [-0.25, -0.2) is 0 Å². The Balaban J connectivity index is 1.83. The number of halogens is 1. The topological polar surface area (TPSA) is 55.1 Å². The minimum absolute atomic E-state index is 0.0544. The van der Waals surface area contributed by atoms with E-state index in [1.165, 1.54) is 0 Å². The summed E-state index contributed by atoms with van der Waals surface area (Å²) in [5.41, 5.74) is 3.45. The summed E-state index contributed by atoms with van der Waals surface area (Å²) < 4.78 is 3.04. The van der Waals surface area contributed by atoms with Crippen LogP contribution >= 0.6 is 27.7 Å². The molecule has 0 amide bonds. The van der Waals surface area contributed by atoms with E-state index in [4.69, 9.17) is 0 Å². The highest BCUT2D eigenvalue weighted by Gasteiger charge is 2.22. The van der Waals surface area contributed by atoms with Gasteiger partial charge in [0, 0.05) is 44.8 Å². The van der Waals surface area contributed by atoms with E-state index < -0.39 is 0 Å². The predicted octanol–water partition coefficient (Wildman–Crippen LogP) is 4.91. The molecule has 1 aliphatic heterocycles. The normalized spacial score (nSPS) is 12.2. The maximum atomic E-state index is 13.1. The quantitative estimate of drug-likeness (QED) is 0.427. The van der Waals surface area contributed by atoms with Crippen LogP contribution in [0.15, 0.2) is 80.1 Å². The Morgan fingerprint density at radius 2 is 2.04 bits per heavy atom. The van der Waals surface area contributed by atoms with E-state index in [2.05, 4.69) is 31.5 Å². The smallest absolute Gasteiger partial charge is 0.193 e. The molecule has 4 aromatic rings. The van der Waals surface area contributed by atoms with Crippen molar-refractivity contribution in [1.82, 2.24) is 9.55 Å². The molecule has 0 saturated carbocycles. The summed E-state index contributed by atoms with van der Waals surface area (Å²) in [5, 5.41) is 10.7. The van der Waals surface area contributed by atoms with Gasteiger partial charge in [-0.2, -0.15) is 0 Å². The molecule has 6 heteroatoms. The van der Waals surface area contributed by atoms with Crippen LogP contribution in [0.1, 0.15) is 11.1 Å². The zero-order valence-corrected chi connectivity index (χ0v) is 16.4. The average molecular weight is 437 g/mol. The molecule has 27 heavy (non-hydrogen) atoms. The summed E-state index contributed by atoms with van der Waals surface area (Å²) in [6, 6.07) is 13.2. The molecule has 5 rings (SSSR count). The van der Waals surface area contributed by atoms with Crippen LogP contribution in [0.5, 0.6) is 5.75 Å². The SMILES string of the molecule is O=c1c(Cc2cccnc2)cn2c3c(cc(O)cc13)Sc1ccc(Br)cc1-2. The number of phenols is 1. The molecule has 4 nitrogen and oxygen atoms in total. The van der Waals surface area contributed by atoms with Crippen LogP contribution in [0, 0.1) is 0 Å². The Bertz CT molecular complexity index is 1270. The van der Waals surface area contributed by atoms with E-state index in [0.29, 0.717) is 17.4 Å². The van der Waals surface area contributed by atoms with Gasteiger partial charge in [-0.1, -0.05) is 33.8 Å². The molecule has 0 spiro atoms. The average Bonchev–Trinajstić information content (AvgIpc) is 2.66. The molecule has 1 aliphatic rings. The zero-order valence-electron chi connectivity index (χ0n) is 14.0. The Hall–Kier alpha value is -2.57. The highest BCUT2D eigenvalue weighted by molar-refractivity contribution is 9.10. The van der Waals surface area contributed by atoms with Crippen molar-refractivity contribution in [3.05, 3.63) is 86.9 Å². The lowest BCUT2D eigenvalue weighted by Gasteiger charge is -2.23. The van der Waals surface area contributed by atoms with Gasteiger partial charge in [0.05, 0.1) is 16.6 Å². The van der Waals surface area contributed by atoms with E-state index in [1.807, 2.05) is 30.5 Å². The predicted molar refractivity (Wildman–Crippen MR) is 110 cm³/mol. The fourth-order valence-corrected chi connectivity index (χ4v) is 4.94. The highest BCUT2D eigenvalue weighted by atomic mass is 79.9. The molecular formula is C21H13BrN2O2S. The number of rotatable bonds is 2. The molecule has 0 saturated heterocycles. The third-order valence-electron chi connectivity index (χ3n) is 4.64. The number of nitrogens with zero attached hydrogens (tertiary/aromatic N) is 2. The summed E-state index contributed by atoms with van der Waals surface area (Å²) in [5.74, 6) is 0.104. The summed E-state index contributed by atoms with van der Waals surface area (Å²) in [4.78, 5) is 19.2. The van der Waals surface area contributed by atoms with E-state index in [0.717, 1.165) is 31.0 Å². The maximum absolute atomic E-state index is 13.1. The van der Waals surface area contributed by atoms with Crippen LogP contribution < -0.4 is 5.43 Å². The van der Waals surface area contributed by atoms with Gasteiger partial charge in [0.25, 0.3) is 0 Å². The first-order valence-electron chi connectivity index (χ1n) is 8.38. The van der Waals surface area contributed by atoms with Crippen LogP contribution in [-0.2, 0) is 6.42 Å². The molecule has 0 unspecified atom stereocenters. The van der Waals surface area contributed by atoms with Gasteiger partial charge in [-0.15, -0.1) is 0 Å². The van der Waals surface area contributed by atoms with Gasteiger partial charge in [0.1, 0.15) is 5.75 Å². The maximum Gasteiger partial charge on any atom is 0.193 e. The lowest BCUT2D eigenvalue weighted by Crippen LogP contribution is -2.17. The van der Waals surface area contributed by atoms with Crippen LogP contribution in [0.25, 0.3) is 16.6 Å². The molecule has 0 radical (unpaired) electrons. The Kier molecular flexibility index (Phi) is 3.84. The second kappa shape index (κ2) is 6.25. The van der Waals surface area contributed by atoms with Crippen LogP contribution in [-0.4, -0.2) is 14.7 Å². The molecule has 0 aliphatic carbocycles. The van der Waals surface area contributed by atoms with Crippen LogP contribution in [0.3, 0.4) is 0 Å². The minimum atomic E-state index is -0.0544. The van der Waals surface area contributed by atoms with E-state index in [-0.39, 0.29) is 11.2 Å². The largest absolute Gasteiger partial charge is 0.508 e. The molecule has 0 bridgehead atoms. The third-order valence-corrected chi connectivity index (χ3v) is 6.23. The van der Waals surface area contributed by atoms with E-state index in [9.17, 15) is 9.90 Å². The van der Waals surface area contributed by atoms with E-state index >= 15 is 0 Å². The molecule has 3 heterocycles.